The molecule has 2 aromatic rings. The van der Waals surface area contributed by atoms with Crippen LogP contribution in [0.3, 0.4) is 0 Å². The van der Waals surface area contributed by atoms with E-state index in [1.54, 1.807) is 12.3 Å². The molecule has 1 aromatic carbocycles. The maximum absolute atomic E-state index is 5.29. The molecule has 0 atom stereocenters. The molecule has 1 aromatic heterocycles. The first-order chi connectivity index (χ1) is 7.78. The van der Waals surface area contributed by atoms with Crippen molar-refractivity contribution in [3.8, 4) is 0 Å². The van der Waals surface area contributed by atoms with E-state index < -0.39 is 0 Å². The Hall–Kier alpha value is -1.94. The van der Waals surface area contributed by atoms with Crippen molar-refractivity contribution < 1.29 is 0 Å². The Kier molecular flexibility index (Phi) is 3.12. The molecule has 0 bridgehead atoms. The predicted molar refractivity (Wildman–Crippen MR) is 63.8 cm³/mol. The molecule has 0 aliphatic carbocycles. The number of nitrogens with zero attached hydrogens (tertiary/aromatic N) is 2. The lowest BCUT2D eigenvalue weighted by atomic mass is 10.1. The zero-order chi connectivity index (χ0) is 11.4. The number of hydrogen-bond acceptors (Lipinski definition) is 4. The van der Waals surface area contributed by atoms with Crippen LogP contribution in [0, 0.1) is 6.92 Å². The Balaban J connectivity index is 2.16. The topological polar surface area (TPSA) is 63.8 Å². The number of hydrogen-bond donors (Lipinski definition) is 2. The molecule has 0 aliphatic rings. The van der Waals surface area contributed by atoms with E-state index in [9.17, 15) is 0 Å². The van der Waals surface area contributed by atoms with Crippen molar-refractivity contribution in [2.75, 3.05) is 5.43 Å². The van der Waals surface area contributed by atoms with Gasteiger partial charge in [-0.2, -0.15) is 0 Å². The summed E-state index contributed by atoms with van der Waals surface area (Å²) in [4.78, 5) is 8.46. The molecule has 16 heavy (non-hydrogen) atoms. The minimum atomic E-state index is 0.636. The van der Waals surface area contributed by atoms with Crippen LogP contribution in [0.5, 0.6) is 0 Å². The molecule has 0 amide bonds. The third-order valence-corrected chi connectivity index (χ3v) is 2.34. The largest absolute Gasteiger partial charge is 0.308 e. The minimum Gasteiger partial charge on any atom is -0.308 e. The fourth-order valence-corrected chi connectivity index (χ4v) is 1.45. The number of nitrogens with one attached hydrogen (secondary N) is 1. The van der Waals surface area contributed by atoms with Gasteiger partial charge in [-0.15, -0.1) is 0 Å². The first-order valence-corrected chi connectivity index (χ1v) is 5.12. The van der Waals surface area contributed by atoms with Gasteiger partial charge in [0.1, 0.15) is 11.6 Å². The number of nitrogens with two attached hydrogens (primary N) is 1. The van der Waals surface area contributed by atoms with E-state index >= 15 is 0 Å². The van der Waals surface area contributed by atoms with E-state index in [-0.39, 0.29) is 0 Å². The molecule has 2 rings (SSSR count). The van der Waals surface area contributed by atoms with Crippen molar-refractivity contribution in [3.05, 3.63) is 53.5 Å². The van der Waals surface area contributed by atoms with Gasteiger partial charge < -0.3 is 5.43 Å². The molecule has 0 spiro atoms. The molecule has 0 unspecified atom stereocenters. The van der Waals surface area contributed by atoms with Crippen molar-refractivity contribution >= 4 is 5.82 Å². The summed E-state index contributed by atoms with van der Waals surface area (Å²) in [5.41, 5.74) is 4.96. The Morgan fingerprint density at radius 1 is 1.19 bits per heavy atom. The molecule has 0 aliphatic heterocycles. The summed E-state index contributed by atoms with van der Waals surface area (Å²) in [7, 11) is 0. The summed E-state index contributed by atoms with van der Waals surface area (Å²) >= 11 is 0. The van der Waals surface area contributed by atoms with Crippen molar-refractivity contribution in [2.24, 2.45) is 5.84 Å². The van der Waals surface area contributed by atoms with Gasteiger partial charge in [0.05, 0.1) is 0 Å². The molecular weight excluding hydrogens is 200 g/mol. The van der Waals surface area contributed by atoms with Gasteiger partial charge in [-0.3, -0.25) is 0 Å². The SMILES string of the molecule is Cc1ccc(Cc2nccc(NN)n2)cc1. The second kappa shape index (κ2) is 4.72. The van der Waals surface area contributed by atoms with Crippen LogP contribution in [0.2, 0.25) is 0 Å². The smallest absolute Gasteiger partial charge is 0.143 e. The van der Waals surface area contributed by atoms with E-state index in [0.717, 1.165) is 12.2 Å². The zero-order valence-corrected chi connectivity index (χ0v) is 9.14. The van der Waals surface area contributed by atoms with E-state index in [2.05, 4.69) is 46.6 Å². The van der Waals surface area contributed by atoms with Crippen LogP contribution in [0.1, 0.15) is 17.0 Å². The number of nitrogen functional groups attached to an aromatic ring is 1. The molecule has 0 saturated carbocycles. The summed E-state index contributed by atoms with van der Waals surface area (Å²) in [6.07, 6.45) is 2.42. The third kappa shape index (κ3) is 2.55. The Labute approximate surface area is 94.5 Å². The summed E-state index contributed by atoms with van der Waals surface area (Å²) < 4.78 is 0. The second-order valence-electron chi connectivity index (χ2n) is 3.66. The molecular formula is C12H14N4. The van der Waals surface area contributed by atoms with E-state index in [0.29, 0.717) is 5.82 Å². The van der Waals surface area contributed by atoms with Crippen molar-refractivity contribution in [1.29, 1.82) is 0 Å². The monoisotopic (exact) mass is 214 g/mol. The maximum Gasteiger partial charge on any atom is 0.143 e. The van der Waals surface area contributed by atoms with Crippen LogP contribution < -0.4 is 11.3 Å². The van der Waals surface area contributed by atoms with Crippen LogP contribution in [-0.4, -0.2) is 9.97 Å². The average molecular weight is 214 g/mol. The number of hydrazine groups is 1. The van der Waals surface area contributed by atoms with Gasteiger partial charge in [0, 0.05) is 18.7 Å². The van der Waals surface area contributed by atoms with Gasteiger partial charge in [-0.25, -0.2) is 15.8 Å². The fraction of sp³-hybridized carbons (Fsp3) is 0.167. The quantitative estimate of drug-likeness (QED) is 0.602. The first-order valence-electron chi connectivity index (χ1n) is 5.12. The van der Waals surface area contributed by atoms with Crippen LogP contribution in [0.25, 0.3) is 0 Å². The number of aryl methyl sites for hydroxylation is 1. The highest BCUT2D eigenvalue weighted by Crippen LogP contribution is 2.08. The number of aromatic nitrogens is 2. The summed E-state index contributed by atoms with van der Waals surface area (Å²) in [5.74, 6) is 6.69. The molecule has 4 heteroatoms. The minimum absolute atomic E-state index is 0.636. The highest BCUT2D eigenvalue weighted by molar-refractivity contribution is 5.32. The number of benzene rings is 1. The highest BCUT2D eigenvalue weighted by Gasteiger charge is 2.00. The van der Waals surface area contributed by atoms with Crippen molar-refractivity contribution in [1.82, 2.24) is 9.97 Å². The van der Waals surface area contributed by atoms with Gasteiger partial charge in [-0.1, -0.05) is 29.8 Å². The van der Waals surface area contributed by atoms with E-state index in [1.165, 1.54) is 11.1 Å². The average Bonchev–Trinajstić information content (AvgIpc) is 2.32. The lowest BCUT2D eigenvalue weighted by molar-refractivity contribution is 0.964. The van der Waals surface area contributed by atoms with Crippen molar-refractivity contribution in [3.63, 3.8) is 0 Å². The third-order valence-electron chi connectivity index (χ3n) is 2.34. The van der Waals surface area contributed by atoms with Gasteiger partial charge in [0.25, 0.3) is 0 Å². The Bertz CT molecular complexity index is 465. The number of rotatable bonds is 3. The summed E-state index contributed by atoms with van der Waals surface area (Å²) in [5, 5.41) is 0. The molecule has 1 heterocycles. The van der Waals surface area contributed by atoms with Crippen LogP contribution in [-0.2, 0) is 6.42 Å². The molecule has 0 radical (unpaired) electrons. The molecule has 0 fully saturated rings. The van der Waals surface area contributed by atoms with E-state index in [4.69, 9.17) is 5.84 Å². The van der Waals surface area contributed by atoms with Gasteiger partial charge in [0.2, 0.25) is 0 Å². The second-order valence-corrected chi connectivity index (χ2v) is 3.66. The first kappa shape index (κ1) is 10.6. The molecule has 3 N–H and O–H groups in total. The lowest BCUT2D eigenvalue weighted by Gasteiger charge is -2.03. The van der Waals surface area contributed by atoms with E-state index in [1.807, 2.05) is 0 Å². The summed E-state index contributed by atoms with van der Waals surface area (Å²) in [6.45, 7) is 2.07. The van der Waals surface area contributed by atoms with Gasteiger partial charge in [0.15, 0.2) is 0 Å². The molecule has 0 saturated heterocycles. The fourth-order valence-electron chi connectivity index (χ4n) is 1.45. The molecule has 4 nitrogen and oxygen atoms in total. The van der Waals surface area contributed by atoms with Gasteiger partial charge in [-0.05, 0) is 12.5 Å². The van der Waals surface area contributed by atoms with Crippen molar-refractivity contribution in [2.45, 2.75) is 13.3 Å². The lowest BCUT2D eigenvalue weighted by Crippen LogP contribution is -2.10. The Morgan fingerprint density at radius 3 is 2.62 bits per heavy atom. The predicted octanol–water partition coefficient (Wildman–Crippen LogP) is 1.66. The Morgan fingerprint density at radius 2 is 1.94 bits per heavy atom. The molecule has 82 valence electrons. The van der Waals surface area contributed by atoms with Crippen LogP contribution >= 0.6 is 0 Å². The summed E-state index contributed by atoms with van der Waals surface area (Å²) in [6, 6.07) is 10.1. The number of anilines is 1. The maximum atomic E-state index is 5.29. The van der Waals surface area contributed by atoms with Crippen LogP contribution in [0.4, 0.5) is 5.82 Å². The normalized spacial score (nSPS) is 10.1. The van der Waals surface area contributed by atoms with Gasteiger partial charge >= 0.3 is 0 Å². The standard InChI is InChI=1S/C12H14N4/c1-9-2-4-10(5-3-9)8-12-14-7-6-11(15-12)16-13/h2-7H,8,13H2,1H3,(H,14,15,16). The zero-order valence-electron chi connectivity index (χ0n) is 9.14. The van der Waals surface area contributed by atoms with Crippen LogP contribution in [0.15, 0.2) is 36.5 Å². The highest BCUT2D eigenvalue weighted by atomic mass is 15.3.